The molecule has 2 aromatic carbocycles. The molecule has 1 aromatic heterocycles. The molecule has 0 radical (unpaired) electrons. The maximum Gasteiger partial charge on any atom is 0.163 e. The summed E-state index contributed by atoms with van der Waals surface area (Å²) in [6.07, 6.45) is 1.57. The molecule has 0 aliphatic heterocycles. The minimum absolute atomic E-state index is 0.704. The lowest BCUT2D eigenvalue weighted by molar-refractivity contribution is 1.06. The van der Waals surface area contributed by atoms with Crippen LogP contribution in [0.2, 0.25) is 0 Å². The van der Waals surface area contributed by atoms with E-state index in [9.17, 15) is 0 Å². The summed E-state index contributed by atoms with van der Waals surface area (Å²) in [6.45, 7) is 4.16. The molecule has 0 aliphatic carbocycles. The fourth-order valence-corrected chi connectivity index (χ4v) is 2.22. The van der Waals surface area contributed by atoms with Crippen molar-refractivity contribution in [3.8, 4) is 22.8 Å². The van der Waals surface area contributed by atoms with Crippen LogP contribution in [0, 0.1) is 13.8 Å². The van der Waals surface area contributed by atoms with Crippen LogP contribution in [-0.4, -0.2) is 15.0 Å². The molecule has 3 rings (SSSR count). The summed E-state index contributed by atoms with van der Waals surface area (Å²) in [7, 11) is 0. The van der Waals surface area contributed by atoms with Gasteiger partial charge in [-0.15, -0.1) is 0 Å². The van der Waals surface area contributed by atoms with Crippen LogP contribution >= 0.6 is 0 Å². The molecule has 0 saturated heterocycles. The molecule has 3 aromatic rings. The van der Waals surface area contributed by atoms with Crippen molar-refractivity contribution in [2.75, 3.05) is 0 Å². The number of nitrogens with zero attached hydrogens (tertiary/aromatic N) is 3. The predicted molar refractivity (Wildman–Crippen MR) is 80.2 cm³/mol. The zero-order valence-electron chi connectivity index (χ0n) is 11.5. The van der Waals surface area contributed by atoms with Crippen LogP contribution in [0.4, 0.5) is 0 Å². The summed E-state index contributed by atoms with van der Waals surface area (Å²) < 4.78 is 0. The minimum atomic E-state index is 0.704. The molecular formula is C17H15N3. The summed E-state index contributed by atoms with van der Waals surface area (Å²) in [5.41, 5.74) is 4.47. The molecule has 3 heteroatoms. The van der Waals surface area contributed by atoms with Crippen molar-refractivity contribution in [2.45, 2.75) is 13.8 Å². The lowest BCUT2D eigenvalue weighted by atomic mass is 10.1. The van der Waals surface area contributed by atoms with Gasteiger partial charge in [0.25, 0.3) is 0 Å². The van der Waals surface area contributed by atoms with Gasteiger partial charge in [0.05, 0.1) is 0 Å². The van der Waals surface area contributed by atoms with Crippen molar-refractivity contribution in [1.29, 1.82) is 0 Å². The summed E-state index contributed by atoms with van der Waals surface area (Å²) in [5, 5.41) is 0. The Morgan fingerprint density at radius 2 is 1.55 bits per heavy atom. The SMILES string of the molecule is Cc1ccc(-c2ncnc(-c3ccccc3)n2)c(C)c1. The Balaban J connectivity index is 2.08. The van der Waals surface area contributed by atoms with Crippen molar-refractivity contribution in [3.63, 3.8) is 0 Å². The molecule has 0 amide bonds. The van der Waals surface area contributed by atoms with Gasteiger partial charge >= 0.3 is 0 Å². The molecule has 0 aliphatic rings. The number of aryl methyl sites for hydroxylation is 2. The molecular weight excluding hydrogens is 246 g/mol. The Bertz CT molecular complexity index is 736. The first kappa shape index (κ1) is 12.5. The fourth-order valence-electron chi connectivity index (χ4n) is 2.22. The number of hydrogen-bond donors (Lipinski definition) is 0. The minimum Gasteiger partial charge on any atom is -0.217 e. The summed E-state index contributed by atoms with van der Waals surface area (Å²) in [4.78, 5) is 13.1. The summed E-state index contributed by atoms with van der Waals surface area (Å²) >= 11 is 0. The highest BCUT2D eigenvalue weighted by Crippen LogP contribution is 2.22. The second-order valence-corrected chi connectivity index (χ2v) is 4.82. The monoisotopic (exact) mass is 261 g/mol. The fraction of sp³-hybridized carbons (Fsp3) is 0.118. The average Bonchev–Trinajstić information content (AvgIpc) is 2.48. The number of benzene rings is 2. The first-order valence-corrected chi connectivity index (χ1v) is 6.56. The second-order valence-electron chi connectivity index (χ2n) is 4.82. The van der Waals surface area contributed by atoms with Gasteiger partial charge in [0.1, 0.15) is 6.33 Å². The Kier molecular flexibility index (Phi) is 3.25. The van der Waals surface area contributed by atoms with E-state index in [1.54, 1.807) is 6.33 Å². The molecule has 20 heavy (non-hydrogen) atoms. The molecule has 3 nitrogen and oxygen atoms in total. The van der Waals surface area contributed by atoms with Gasteiger partial charge in [-0.3, -0.25) is 0 Å². The van der Waals surface area contributed by atoms with Crippen LogP contribution < -0.4 is 0 Å². The van der Waals surface area contributed by atoms with E-state index >= 15 is 0 Å². The smallest absolute Gasteiger partial charge is 0.163 e. The van der Waals surface area contributed by atoms with E-state index in [0.29, 0.717) is 5.82 Å². The van der Waals surface area contributed by atoms with E-state index in [4.69, 9.17) is 0 Å². The van der Waals surface area contributed by atoms with Crippen LogP contribution in [-0.2, 0) is 0 Å². The maximum absolute atomic E-state index is 4.58. The lowest BCUT2D eigenvalue weighted by Gasteiger charge is -2.06. The van der Waals surface area contributed by atoms with E-state index in [0.717, 1.165) is 17.0 Å². The van der Waals surface area contributed by atoms with Gasteiger partial charge in [-0.25, -0.2) is 15.0 Å². The van der Waals surface area contributed by atoms with E-state index in [-0.39, 0.29) is 0 Å². The zero-order chi connectivity index (χ0) is 13.9. The van der Waals surface area contributed by atoms with Gasteiger partial charge in [-0.1, -0.05) is 54.1 Å². The van der Waals surface area contributed by atoms with Crippen LogP contribution in [0.5, 0.6) is 0 Å². The van der Waals surface area contributed by atoms with Gasteiger partial charge in [0, 0.05) is 11.1 Å². The number of rotatable bonds is 2. The number of hydrogen-bond acceptors (Lipinski definition) is 3. The second kappa shape index (κ2) is 5.21. The first-order valence-electron chi connectivity index (χ1n) is 6.56. The van der Waals surface area contributed by atoms with Gasteiger partial charge < -0.3 is 0 Å². The standard InChI is InChI=1S/C17H15N3/c1-12-8-9-15(13(2)10-12)17-19-11-18-16(20-17)14-6-4-3-5-7-14/h3-11H,1-2H3. The van der Waals surface area contributed by atoms with Crippen LogP contribution in [0.3, 0.4) is 0 Å². The number of aromatic nitrogens is 3. The molecule has 98 valence electrons. The molecule has 0 bridgehead atoms. The van der Waals surface area contributed by atoms with Crippen LogP contribution in [0.1, 0.15) is 11.1 Å². The Morgan fingerprint density at radius 1 is 0.800 bits per heavy atom. The third-order valence-electron chi connectivity index (χ3n) is 3.23. The summed E-state index contributed by atoms with van der Waals surface area (Å²) in [6, 6.07) is 16.2. The lowest BCUT2D eigenvalue weighted by Crippen LogP contribution is -1.96. The van der Waals surface area contributed by atoms with Crippen LogP contribution in [0.15, 0.2) is 54.9 Å². The topological polar surface area (TPSA) is 38.7 Å². The van der Waals surface area contributed by atoms with Crippen molar-refractivity contribution in [2.24, 2.45) is 0 Å². The normalized spacial score (nSPS) is 10.5. The molecule has 0 unspecified atom stereocenters. The molecule has 1 heterocycles. The van der Waals surface area contributed by atoms with Crippen molar-refractivity contribution in [3.05, 3.63) is 66.0 Å². The van der Waals surface area contributed by atoms with Gasteiger partial charge in [-0.2, -0.15) is 0 Å². The maximum atomic E-state index is 4.58. The van der Waals surface area contributed by atoms with Crippen molar-refractivity contribution in [1.82, 2.24) is 15.0 Å². The Morgan fingerprint density at radius 3 is 2.30 bits per heavy atom. The quantitative estimate of drug-likeness (QED) is 0.704. The van der Waals surface area contributed by atoms with Crippen LogP contribution in [0.25, 0.3) is 22.8 Å². The molecule has 0 saturated carbocycles. The van der Waals surface area contributed by atoms with E-state index in [2.05, 4.69) is 47.0 Å². The average molecular weight is 261 g/mol. The first-order chi connectivity index (χ1) is 9.74. The highest BCUT2D eigenvalue weighted by Gasteiger charge is 2.08. The Labute approximate surface area is 118 Å². The predicted octanol–water partition coefficient (Wildman–Crippen LogP) is 3.82. The van der Waals surface area contributed by atoms with Gasteiger partial charge in [0.15, 0.2) is 11.6 Å². The van der Waals surface area contributed by atoms with Crippen molar-refractivity contribution >= 4 is 0 Å². The molecule has 0 spiro atoms. The zero-order valence-corrected chi connectivity index (χ0v) is 11.5. The third-order valence-corrected chi connectivity index (χ3v) is 3.23. The van der Waals surface area contributed by atoms with E-state index in [1.165, 1.54) is 11.1 Å². The molecule has 0 N–H and O–H groups in total. The Hall–Kier alpha value is -2.55. The van der Waals surface area contributed by atoms with E-state index < -0.39 is 0 Å². The van der Waals surface area contributed by atoms with Gasteiger partial charge in [0.2, 0.25) is 0 Å². The molecule has 0 atom stereocenters. The van der Waals surface area contributed by atoms with E-state index in [1.807, 2.05) is 30.3 Å². The van der Waals surface area contributed by atoms with Crippen molar-refractivity contribution < 1.29 is 0 Å². The highest BCUT2D eigenvalue weighted by molar-refractivity contribution is 5.63. The molecule has 0 fully saturated rings. The van der Waals surface area contributed by atoms with Gasteiger partial charge in [-0.05, 0) is 19.4 Å². The summed E-state index contributed by atoms with van der Waals surface area (Å²) in [5.74, 6) is 1.42. The largest absolute Gasteiger partial charge is 0.217 e. The highest BCUT2D eigenvalue weighted by atomic mass is 15.0. The third kappa shape index (κ3) is 2.43.